The Hall–Kier alpha value is -0.620. The van der Waals surface area contributed by atoms with Gasteiger partial charge in [-0.05, 0) is 13.5 Å². The number of sulfonamides is 1. The molecule has 0 heterocycles. The molecule has 0 radical (unpaired) electrons. The van der Waals surface area contributed by atoms with Crippen LogP contribution in [0, 0.1) is 0 Å². The van der Waals surface area contributed by atoms with Crippen LogP contribution in [0.1, 0.15) is 19.8 Å². The molecule has 78 valence electrons. The molecule has 0 aliphatic heterocycles. The largest absolute Gasteiger partial charge is 0.319 e. The second-order valence-electron chi connectivity index (χ2n) is 2.70. The van der Waals surface area contributed by atoms with E-state index in [0.29, 0.717) is 13.0 Å². The van der Waals surface area contributed by atoms with E-state index in [4.69, 9.17) is 0 Å². The van der Waals surface area contributed by atoms with Crippen LogP contribution in [0.2, 0.25) is 0 Å². The third-order valence-corrected chi connectivity index (χ3v) is 2.83. The summed E-state index contributed by atoms with van der Waals surface area (Å²) in [6, 6.07) is 0. The summed E-state index contributed by atoms with van der Waals surface area (Å²) >= 11 is 0. The van der Waals surface area contributed by atoms with Crippen molar-refractivity contribution in [3.8, 4) is 0 Å². The third kappa shape index (κ3) is 6.53. The normalized spacial score (nSPS) is 11.2. The number of nitrogens with one attached hydrogen (secondary N) is 2. The number of hydrogen-bond acceptors (Lipinski definition) is 4. The van der Waals surface area contributed by atoms with Gasteiger partial charge in [0.25, 0.3) is 0 Å². The fraction of sp³-hybridized carbons (Fsp3) is 0.857. The van der Waals surface area contributed by atoms with Crippen LogP contribution in [0.15, 0.2) is 0 Å². The average Bonchev–Trinajstić information content (AvgIpc) is 1.99. The maximum atomic E-state index is 11.1. The quantitative estimate of drug-likeness (QED) is 0.614. The molecule has 0 aromatic heterocycles. The van der Waals surface area contributed by atoms with Crippen LogP contribution in [0.3, 0.4) is 0 Å². The van der Waals surface area contributed by atoms with Gasteiger partial charge in [-0.3, -0.25) is 9.52 Å². The van der Waals surface area contributed by atoms with E-state index in [0.717, 1.165) is 0 Å². The van der Waals surface area contributed by atoms with Crippen molar-refractivity contribution in [2.24, 2.45) is 0 Å². The molecule has 0 bridgehead atoms. The van der Waals surface area contributed by atoms with Crippen molar-refractivity contribution in [1.29, 1.82) is 0 Å². The molecule has 5 nitrogen and oxygen atoms in total. The van der Waals surface area contributed by atoms with Gasteiger partial charge in [-0.25, -0.2) is 8.42 Å². The van der Waals surface area contributed by atoms with Gasteiger partial charge in [0.15, 0.2) is 0 Å². The molecule has 0 saturated heterocycles. The summed E-state index contributed by atoms with van der Waals surface area (Å²) in [4.78, 5) is 11.0. The predicted molar refractivity (Wildman–Crippen MR) is 50.8 cm³/mol. The first kappa shape index (κ1) is 12.4. The van der Waals surface area contributed by atoms with Crippen LogP contribution in [-0.2, 0) is 14.8 Å². The van der Waals surface area contributed by atoms with E-state index in [1.54, 1.807) is 14.0 Å². The van der Waals surface area contributed by atoms with E-state index in [1.165, 1.54) is 0 Å². The minimum Gasteiger partial charge on any atom is -0.319 e. The maximum absolute atomic E-state index is 11.1. The highest BCUT2D eigenvalue weighted by Crippen LogP contribution is 1.89. The van der Waals surface area contributed by atoms with Crippen molar-refractivity contribution in [1.82, 2.24) is 10.0 Å². The van der Waals surface area contributed by atoms with Gasteiger partial charge in [-0.15, -0.1) is 0 Å². The number of carbonyl (C=O) groups excluding carboxylic acids is 1. The smallest absolute Gasteiger partial charge is 0.234 e. The first-order valence-corrected chi connectivity index (χ1v) is 5.85. The Morgan fingerprint density at radius 2 is 2.00 bits per heavy atom. The highest BCUT2D eigenvalue weighted by atomic mass is 32.2. The Morgan fingerprint density at radius 3 is 2.46 bits per heavy atom. The van der Waals surface area contributed by atoms with Crippen LogP contribution in [-0.4, -0.2) is 33.7 Å². The lowest BCUT2D eigenvalue weighted by Gasteiger charge is -2.04. The van der Waals surface area contributed by atoms with Gasteiger partial charge >= 0.3 is 0 Å². The first-order chi connectivity index (χ1) is 6.02. The van der Waals surface area contributed by atoms with Crippen LogP contribution >= 0.6 is 0 Å². The fourth-order valence-electron chi connectivity index (χ4n) is 0.783. The van der Waals surface area contributed by atoms with Gasteiger partial charge in [-0.1, -0.05) is 6.92 Å². The molecule has 0 aromatic carbocycles. The molecular formula is C7H16N2O3S. The van der Waals surface area contributed by atoms with Crippen molar-refractivity contribution in [3.05, 3.63) is 0 Å². The molecule has 0 rings (SSSR count). The number of amides is 1. The molecule has 6 heteroatoms. The van der Waals surface area contributed by atoms with Crippen LogP contribution in [0.4, 0.5) is 0 Å². The van der Waals surface area contributed by atoms with Gasteiger partial charge in [-0.2, -0.15) is 0 Å². The zero-order chi connectivity index (χ0) is 10.3. The van der Waals surface area contributed by atoms with Crippen molar-refractivity contribution in [2.45, 2.75) is 19.8 Å². The Kier molecular flexibility index (Phi) is 5.65. The van der Waals surface area contributed by atoms with Crippen molar-refractivity contribution in [2.75, 3.05) is 19.3 Å². The lowest BCUT2D eigenvalue weighted by Crippen LogP contribution is -2.33. The summed E-state index contributed by atoms with van der Waals surface area (Å²) in [6.07, 6.45) is 0.689. The zero-order valence-corrected chi connectivity index (χ0v) is 8.78. The molecule has 0 unspecified atom stereocenters. The van der Waals surface area contributed by atoms with Crippen molar-refractivity contribution in [3.63, 3.8) is 0 Å². The highest BCUT2D eigenvalue weighted by Gasteiger charge is 2.11. The predicted octanol–water partition coefficient (Wildman–Crippen LogP) is -0.548. The first-order valence-electron chi connectivity index (χ1n) is 4.19. The van der Waals surface area contributed by atoms with Gasteiger partial charge in [0.1, 0.15) is 0 Å². The second kappa shape index (κ2) is 5.93. The van der Waals surface area contributed by atoms with E-state index in [1.807, 2.05) is 4.72 Å². The highest BCUT2D eigenvalue weighted by molar-refractivity contribution is 7.90. The van der Waals surface area contributed by atoms with Gasteiger partial charge in [0, 0.05) is 13.0 Å². The molecule has 2 N–H and O–H groups in total. The maximum Gasteiger partial charge on any atom is 0.234 e. The van der Waals surface area contributed by atoms with Crippen molar-refractivity contribution < 1.29 is 13.2 Å². The third-order valence-electron chi connectivity index (χ3n) is 1.34. The van der Waals surface area contributed by atoms with E-state index in [9.17, 15) is 13.2 Å². The molecule has 1 amide bonds. The van der Waals surface area contributed by atoms with Gasteiger partial charge < -0.3 is 5.32 Å². The standard InChI is InChI=1S/C7H16N2O3S/c1-3-6-13(11,12)9-7(10)4-5-8-2/h8H,3-6H2,1-2H3,(H,9,10). The molecule has 0 saturated carbocycles. The van der Waals surface area contributed by atoms with Gasteiger partial charge in [0.05, 0.1) is 5.75 Å². The lowest BCUT2D eigenvalue weighted by molar-refractivity contribution is -0.119. The molecule has 0 spiro atoms. The number of carbonyl (C=O) groups is 1. The Morgan fingerprint density at radius 1 is 1.38 bits per heavy atom. The van der Waals surface area contributed by atoms with Crippen LogP contribution in [0.5, 0.6) is 0 Å². The molecule has 0 aliphatic rings. The van der Waals surface area contributed by atoms with E-state index in [-0.39, 0.29) is 12.2 Å². The summed E-state index contributed by atoms with van der Waals surface area (Å²) in [5.41, 5.74) is 0. The minimum absolute atomic E-state index is 0.00169. The Labute approximate surface area is 79.0 Å². The zero-order valence-electron chi connectivity index (χ0n) is 7.96. The van der Waals surface area contributed by atoms with E-state index < -0.39 is 15.9 Å². The number of rotatable bonds is 6. The van der Waals surface area contributed by atoms with E-state index >= 15 is 0 Å². The topological polar surface area (TPSA) is 75.3 Å². The number of hydrogen-bond donors (Lipinski definition) is 2. The summed E-state index contributed by atoms with van der Waals surface area (Å²) in [5, 5.41) is 2.76. The molecule has 0 aliphatic carbocycles. The lowest BCUT2D eigenvalue weighted by atomic mass is 10.4. The average molecular weight is 208 g/mol. The second-order valence-corrected chi connectivity index (χ2v) is 4.54. The molecule has 0 fully saturated rings. The van der Waals surface area contributed by atoms with E-state index in [2.05, 4.69) is 5.32 Å². The summed E-state index contributed by atoms with van der Waals surface area (Å²) < 4.78 is 24.1. The summed E-state index contributed by atoms with van der Waals surface area (Å²) in [6.45, 7) is 2.23. The fourth-order valence-corrected chi connectivity index (χ4v) is 1.87. The van der Waals surface area contributed by atoms with Crippen LogP contribution < -0.4 is 10.0 Å². The SMILES string of the molecule is CCCS(=O)(=O)NC(=O)CCNC. The van der Waals surface area contributed by atoms with Gasteiger partial charge in [0.2, 0.25) is 15.9 Å². The van der Waals surface area contributed by atoms with Crippen molar-refractivity contribution >= 4 is 15.9 Å². The summed E-state index contributed by atoms with van der Waals surface area (Å²) in [5.74, 6) is -0.457. The summed E-state index contributed by atoms with van der Waals surface area (Å²) in [7, 11) is -1.69. The Bertz CT molecular complexity index is 248. The monoisotopic (exact) mass is 208 g/mol. The molecule has 0 aromatic rings. The van der Waals surface area contributed by atoms with Crippen LogP contribution in [0.25, 0.3) is 0 Å². The molecular weight excluding hydrogens is 192 g/mol. The molecule has 0 atom stereocenters. The molecule has 13 heavy (non-hydrogen) atoms. The minimum atomic E-state index is -3.39. The Balaban J connectivity index is 3.90.